The average Bonchev–Trinajstić information content (AvgIpc) is 3.34. The molecule has 0 fully saturated rings. The standard InChI is InChI=1S/C20H16Br2N6O2S2/c1-3-15-25-26-20-28(15)27-18(32-20)10-4-6-12(7-5-10)23-19(31)24-17(29)13-8-11(21)9-14(22)16(13)30-2/h4-9H,3H2,1-2H3,(H2,23,24,29,31). The first-order chi connectivity index (χ1) is 15.4. The summed E-state index contributed by atoms with van der Waals surface area (Å²) in [5, 5.41) is 19.6. The largest absolute Gasteiger partial charge is 0.495 e. The highest BCUT2D eigenvalue weighted by molar-refractivity contribution is 9.11. The van der Waals surface area contributed by atoms with Crippen molar-refractivity contribution in [1.29, 1.82) is 0 Å². The van der Waals surface area contributed by atoms with E-state index in [0.717, 1.165) is 37.9 Å². The van der Waals surface area contributed by atoms with Gasteiger partial charge in [0.05, 0.1) is 17.1 Å². The van der Waals surface area contributed by atoms with Gasteiger partial charge >= 0.3 is 0 Å². The van der Waals surface area contributed by atoms with Crippen molar-refractivity contribution in [2.24, 2.45) is 0 Å². The maximum atomic E-state index is 12.7. The quantitative estimate of drug-likeness (QED) is 0.311. The van der Waals surface area contributed by atoms with Crippen LogP contribution in [0.2, 0.25) is 0 Å². The number of rotatable bonds is 5. The molecule has 2 N–H and O–H groups in total. The normalized spacial score (nSPS) is 10.9. The molecule has 2 heterocycles. The van der Waals surface area contributed by atoms with Gasteiger partial charge in [-0.25, -0.2) is 0 Å². The lowest BCUT2D eigenvalue weighted by Crippen LogP contribution is -2.34. The molecule has 2 aromatic heterocycles. The fourth-order valence-corrected chi connectivity index (χ4v) is 5.42. The highest BCUT2D eigenvalue weighted by atomic mass is 79.9. The molecule has 164 valence electrons. The van der Waals surface area contributed by atoms with Gasteiger partial charge in [0.25, 0.3) is 5.91 Å². The number of thiocarbonyl (C=S) groups is 1. The number of anilines is 1. The van der Waals surface area contributed by atoms with Gasteiger partial charge in [-0.05, 0) is 64.5 Å². The van der Waals surface area contributed by atoms with Gasteiger partial charge in [0, 0.05) is 22.1 Å². The molecule has 4 rings (SSSR count). The van der Waals surface area contributed by atoms with E-state index in [1.165, 1.54) is 18.4 Å². The van der Waals surface area contributed by atoms with Gasteiger partial charge in [0.15, 0.2) is 10.9 Å². The summed E-state index contributed by atoms with van der Waals surface area (Å²) in [4.78, 5) is 13.5. The Hall–Kier alpha value is -2.41. The summed E-state index contributed by atoms with van der Waals surface area (Å²) in [7, 11) is 1.50. The SMILES string of the molecule is CCc1nnc2sc(-c3ccc(NC(=S)NC(=O)c4cc(Br)cc(Br)c4OC)cc3)nn12. The molecule has 0 spiro atoms. The maximum absolute atomic E-state index is 12.7. The number of benzene rings is 2. The average molecular weight is 596 g/mol. The van der Waals surface area contributed by atoms with E-state index >= 15 is 0 Å². The van der Waals surface area contributed by atoms with Crippen LogP contribution in [0.3, 0.4) is 0 Å². The number of carbonyl (C=O) groups excluding carboxylic acids is 1. The molecule has 0 radical (unpaired) electrons. The first kappa shape index (κ1) is 22.8. The molecule has 0 aliphatic heterocycles. The number of methoxy groups -OCH3 is 1. The molecular formula is C20H16Br2N6O2S2. The number of amides is 1. The zero-order valence-electron chi connectivity index (χ0n) is 16.8. The van der Waals surface area contributed by atoms with E-state index < -0.39 is 0 Å². The molecule has 1 amide bonds. The Balaban J connectivity index is 1.45. The Morgan fingerprint density at radius 1 is 1.22 bits per heavy atom. The first-order valence-corrected chi connectivity index (χ1v) is 12.2. The third-order valence-corrected chi connectivity index (χ3v) is 6.64. The number of aromatic nitrogens is 4. The predicted molar refractivity (Wildman–Crippen MR) is 136 cm³/mol. The van der Waals surface area contributed by atoms with Gasteiger partial charge in [-0.2, -0.15) is 9.61 Å². The zero-order chi connectivity index (χ0) is 22.8. The van der Waals surface area contributed by atoms with E-state index in [1.807, 2.05) is 31.2 Å². The van der Waals surface area contributed by atoms with Crippen molar-refractivity contribution >= 4 is 77.1 Å². The van der Waals surface area contributed by atoms with Crippen molar-refractivity contribution in [3.63, 3.8) is 0 Å². The van der Waals surface area contributed by atoms with Crippen molar-refractivity contribution in [2.75, 3.05) is 12.4 Å². The molecule has 2 aromatic carbocycles. The minimum Gasteiger partial charge on any atom is -0.495 e. The van der Waals surface area contributed by atoms with Crippen LogP contribution < -0.4 is 15.4 Å². The van der Waals surface area contributed by atoms with E-state index in [9.17, 15) is 4.79 Å². The number of nitrogens with one attached hydrogen (secondary N) is 2. The van der Waals surface area contributed by atoms with Crippen LogP contribution in [0.1, 0.15) is 23.1 Å². The van der Waals surface area contributed by atoms with E-state index in [0.29, 0.717) is 15.8 Å². The molecule has 0 atom stereocenters. The third kappa shape index (κ3) is 4.68. The Labute approximate surface area is 209 Å². The number of aryl methyl sites for hydroxylation is 1. The Kier molecular flexibility index (Phi) is 6.84. The lowest BCUT2D eigenvalue weighted by Gasteiger charge is -2.13. The molecule has 0 aliphatic rings. The Morgan fingerprint density at radius 3 is 2.66 bits per heavy atom. The second-order valence-corrected chi connectivity index (χ2v) is 9.66. The van der Waals surface area contributed by atoms with Crippen LogP contribution in [-0.2, 0) is 6.42 Å². The predicted octanol–water partition coefficient (Wildman–Crippen LogP) is 5.08. The van der Waals surface area contributed by atoms with Gasteiger partial charge in [-0.15, -0.1) is 10.2 Å². The van der Waals surface area contributed by atoms with Crippen molar-refractivity contribution < 1.29 is 9.53 Å². The highest BCUT2D eigenvalue weighted by Crippen LogP contribution is 2.32. The lowest BCUT2D eigenvalue weighted by molar-refractivity contribution is 0.0974. The summed E-state index contributed by atoms with van der Waals surface area (Å²) < 4.78 is 8.49. The van der Waals surface area contributed by atoms with Crippen molar-refractivity contribution in [1.82, 2.24) is 25.1 Å². The highest BCUT2D eigenvalue weighted by Gasteiger charge is 2.18. The van der Waals surface area contributed by atoms with Crippen LogP contribution in [0, 0.1) is 0 Å². The molecule has 0 saturated heterocycles. The van der Waals surface area contributed by atoms with Crippen LogP contribution in [0.4, 0.5) is 5.69 Å². The Morgan fingerprint density at radius 2 is 1.97 bits per heavy atom. The Bertz CT molecular complexity index is 1320. The molecule has 32 heavy (non-hydrogen) atoms. The summed E-state index contributed by atoms with van der Waals surface area (Å²) in [5.41, 5.74) is 2.04. The third-order valence-electron chi connectivity index (χ3n) is 4.45. The molecule has 12 heteroatoms. The first-order valence-electron chi connectivity index (χ1n) is 9.36. The number of hydrogen-bond donors (Lipinski definition) is 2. The molecule has 0 unspecified atom stereocenters. The number of ether oxygens (including phenoxy) is 1. The molecule has 0 aliphatic carbocycles. The smallest absolute Gasteiger partial charge is 0.261 e. The summed E-state index contributed by atoms with van der Waals surface area (Å²) in [5.74, 6) is 0.870. The van der Waals surface area contributed by atoms with Crippen molar-refractivity contribution in [3.8, 4) is 16.3 Å². The van der Waals surface area contributed by atoms with E-state index in [4.69, 9.17) is 17.0 Å². The topological polar surface area (TPSA) is 93.4 Å². The van der Waals surface area contributed by atoms with Crippen LogP contribution in [0.15, 0.2) is 45.3 Å². The second kappa shape index (κ2) is 9.61. The van der Waals surface area contributed by atoms with Crippen LogP contribution in [0.5, 0.6) is 5.75 Å². The zero-order valence-corrected chi connectivity index (χ0v) is 21.7. The lowest BCUT2D eigenvalue weighted by atomic mass is 10.2. The maximum Gasteiger partial charge on any atom is 0.261 e. The fraction of sp³-hybridized carbons (Fsp3) is 0.150. The van der Waals surface area contributed by atoms with Crippen LogP contribution in [0.25, 0.3) is 15.5 Å². The van der Waals surface area contributed by atoms with Gasteiger partial charge in [0.2, 0.25) is 4.96 Å². The van der Waals surface area contributed by atoms with Crippen molar-refractivity contribution in [3.05, 3.63) is 56.7 Å². The van der Waals surface area contributed by atoms with E-state index in [1.54, 1.807) is 16.6 Å². The molecule has 0 bridgehead atoms. The van der Waals surface area contributed by atoms with Crippen LogP contribution in [-0.4, -0.2) is 37.9 Å². The summed E-state index contributed by atoms with van der Waals surface area (Å²) >= 11 is 13.6. The van der Waals surface area contributed by atoms with E-state index in [-0.39, 0.29) is 11.0 Å². The van der Waals surface area contributed by atoms with Gasteiger partial charge in [-0.3, -0.25) is 10.1 Å². The minimum atomic E-state index is -0.385. The molecule has 4 aromatic rings. The fourth-order valence-electron chi connectivity index (χ4n) is 2.96. The second-order valence-electron chi connectivity index (χ2n) is 6.53. The monoisotopic (exact) mass is 594 g/mol. The summed E-state index contributed by atoms with van der Waals surface area (Å²) in [6.07, 6.45) is 0.763. The molecular weight excluding hydrogens is 580 g/mol. The van der Waals surface area contributed by atoms with Crippen molar-refractivity contribution in [2.45, 2.75) is 13.3 Å². The summed E-state index contributed by atoms with van der Waals surface area (Å²) in [6, 6.07) is 11.1. The number of fused-ring (bicyclic) bond motifs is 1. The van der Waals surface area contributed by atoms with E-state index in [2.05, 4.69) is 57.8 Å². The van der Waals surface area contributed by atoms with Gasteiger partial charge in [-0.1, -0.05) is 34.2 Å². The molecule has 0 saturated carbocycles. The minimum absolute atomic E-state index is 0.173. The summed E-state index contributed by atoms with van der Waals surface area (Å²) in [6.45, 7) is 2.02. The number of halogens is 2. The number of hydrogen-bond acceptors (Lipinski definition) is 7. The van der Waals surface area contributed by atoms with Gasteiger partial charge < -0.3 is 10.1 Å². The number of nitrogens with zero attached hydrogens (tertiary/aromatic N) is 4. The number of carbonyl (C=O) groups is 1. The van der Waals surface area contributed by atoms with Crippen LogP contribution >= 0.6 is 55.4 Å². The van der Waals surface area contributed by atoms with Gasteiger partial charge in [0.1, 0.15) is 10.8 Å². The molecule has 8 nitrogen and oxygen atoms in total.